The van der Waals surface area contributed by atoms with E-state index in [1.807, 2.05) is 6.92 Å². The fourth-order valence-corrected chi connectivity index (χ4v) is 2.15. The summed E-state index contributed by atoms with van der Waals surface area (Å²) in [5, 5.41) is 11.8. The molecule has 1 rings (SSSR count). The lowest BCUT2D eigenvalue weighted by Gasteiger charge is -2.12. The van der Waals surface area contributed by atoms with Crippen LogP contribution >= 0.6 is 0 Å². The van der Waals surface area contributed by atoms with Gasteiger partial charge in [-0.25, -0.2) is 14.8 Å². The molecule has 0 spiro atoms. The molecule has 0 amide bonds. The second-order valence-corrected chi connectivity index (χ2v) is 5.26. The summed E-state index contributed by atoms with van der Waals surface area (Å²) >= 11 is 0. The number of carboxylic acid groups (broad SMARTS) is 1. The molecule has 2 atom stereocenters. The molecule has 2 N–H and O–H groups in total. The number of hydrogen-bond acceptors (Lipinski definition) is 5. The summed E-state index contributed by atoms with van der Waals surface area (Å²) in [4.78, 5) is 18.7. The van der Waals surface area contributed by atoms with E-state index in [-0.39, 0.29) is 11.6 Å². The van der Waals surface area contributed by atoms with Crippen LogP contribution in [-0.2, 0) is 10.8 Å². The normalized spacial score (nSPS) is 14.1. The molecular weight excluding hydrogens is 242 g/mol. The predicted octanol–water partition coefficient (Wildman–Crippen LogP) is 0.662. The Balaban J connectivity index is 2.77. The van der Waals surface area contributed by atoms with Crippen molar-refractivity contribution in [3.63, 3.8) is 0 Å². The number of aryl methyl sites for hydroxylation is 1. The molecule has 1 aromatic heterocycles. The Bertz CT molecular complexity index is 450. The third-order valence-corrected chi connectivity index (χ3v) is 3.04. The van der Waals surface area contributed by atoms with E-state index in [9.17, 15) is 9.00 Å². The second-order valence-electron chi connectivity index (χ2n) is 3.78. The third-order valence-electron chi connectivity index (χ3n) is 2.07. The van der Waals surface area contributed by atoms with E-state index in [0.717, 1.165) is 0 Å². The molecule has 0 saturated heterocycles. The smallest absolute Gasteiger partial charge is 0.339 e. The first-order chi connectivity index (χ1) is 7.90. The number of aromatic nitrogens is 2. The summed E-state index contributed by atoms with van der Waals surface area (Å²) in [6, 6.07) is -0.0316. The first-order valence-corrected chi connectivity index (χ1v) is 6.76. The van der Waals surface area contributed by atoms with E-state index < -0.39 is 16.8 Å². The number of aromatic carboxylic acids is 1. The molecule has 0 aliphatic carbocycles. The molecule has 0 bridgehead atoms. The van der Waals surface area contributed by atoms with Crippen molar-refractivity contribution < 1.29 is 14.1 Å². The summed E-state index contributed by atoms with van der Waals surface area (Å²) in [6.07, 6.45) is 2.89. The maximum Gasteiger partial charge on any atom is 0.339 e. The van der Waals surface area contributed by atoms with E-state index in [1.165, 1.54) is 6.20 Å². The average Bonchev–Trinajstić information content (AvgIpc) is 2.15. The van der Waals surface area contributed by atoms with E-state index in [4.69, 9.17) is 5.11 Å². The highest BCUT2D eigenvalue weighted by Crippen LogP contribution is 2.08. The van der Waals surface area contributed by atoms with Gasteiger partial charge in [0.05, 0.1) is 11.3 Å². The highest BCUT2D eigenvalue weighted by Gasteiger charge is 2.11. The van der Waals surface area contributed by atoms with Gasteiger partial charge in [-0.3, -0.25) is 4.21 Å². The van der Waals surface area contributed by atoms with Crippen LogP contribution in [-0.4, -0.2) is 43.3 Å². The van der Waals surface area contributed by atoms with Crippen LogP contribution < -0.4 is 5.32 Å². The summed E-state index contributed by atoms with van der Waals surface area (Å²) in [5.74, 6) is -0.203. The maximum atomic E-state index is 11.0. The van der Waals surface area contributed by atoms with Crippen molar-refractivity contribution in [1.82, 2.24) is 9.97 Å². The molecule has 1 aromatic rings. The molecule has 17 heavy (non-hydrogen) atoms. The van der Waals surface area contributed by atoms with Crippen molar-refractivity contribution in [2.24, 2.45) is 0 Å². The molecule has 0 aromatic carbocycles. The Morgan fingerprint density at radius 3 is 2.76 bits per heavy atom. The van der Waals surface area contributed by atoms with Crippen LogP contribution in [0.4, 0.5) is 5.95 Å². The molecule has 7 heteroatoms. The number of anilines is 1. The molecule has 6 nitrogen and oxygen atoms in total. The third kappa shape index (κ3) is 4.10. The lowest BCUT2D eigenvalue weighted by Crippen LogP contribution is -2.24. The fraction of sp³-hybridized carbons (Fsp3) is 0.500. The highest BCUT2D eigenvalue weighted by molar-refractivity contribution is 7.84. The Morgan fingerprint density at radius 1 is 1.65 bits per heavy atom. The van der Waals surface area contributed by atoms with Crippen LogP contribution in [0.1, 0.15) is 23.0 Å². The van der Waals surface area contributed by atoms with Crippen LogP contribution in [0.5, 0.6) is 0 Å². The minimum atomic E-state index is -1.04. The largest absolute Gasteiger partial charge is 0.478 e. The summed E-state index contributed by atoms with van der Waals surface area (Å²) in [6.45, 7) is 3.48. The standard InChI is InChI=1S/C10H15N3O3S/c1-6(5-17(3)16)12-10-11-4-8(9(14)15)7(2)13-10/h4,6H,5H2,1-3H3,(H,14,15)(H,11,12,13). The predicted molar refractivity (Wildman–Crippen MR) is 65.7 cm³/mol. The van der Waals surface area contributed by atoms with Gasteiger partial charge in [-0.1, -0.05) is 0 Å². The van der Waals surface area contributed by atoms with Gasteiger partial charge in [0, 0.05) is 35.0 Å². The average molecular weight is 257 g/mol. The Morgan fingerprint density at radius 2 is 2.29 bits per heavy atom. The molecule has 94 valence electrons. The van der Waals surface area contributed by atoms with Crippen molar-refractivity contribution in [2.75, 3.05) is 17.3 Å². The Labute approximate surface area is 102 Å². The minimum absolute atomic E-state index is 0.0316. The van der Waals surface area contributed by atoms with Crippen LogP contribution in [0.3, 0.4) is 0 Å². The van der Waals surface area contributed by atoms with Crippen LogP contribution in [0.2, 0.25) is 0 Å². The van der Waals surface area contributed by atoms with Crippen molar-refractivity contribution in [1.29, 1.82) is 0 Å². The molecule has 2 unspecified atom stereocenters. The molecule has 0 fully saturated rings. The first-order valence-electron chi connectivity index (χ1n) is 5.03. The molecule has 0 aliphatic heterocycles. The number of nitrogens with one attached hydrogen (secondary N) is 1. The number of hydrogen-bond donors (Lipinski definition) is 2. The van der Waals surface area contributed by atoms with Gasteiger partial charge in [-0.05, 0) is 13.8 Å². The van der Waals surface area contributed by atoms with Gasteiger partial charge in [0.1, 0.15) is 0 Å². The zero-order valence-electron chi connectivity index (χ0n) is 9.93. The quantitative estimate of drug-likeness (QED) is 0.805. The van der Waals surface area contributed by atoms with Crippen LogP contribution in [0, 0.1) is 6.92 Å². The summed E-state index contributed by atoms with van der Waals surface area (Å²) in [5.41, 5.74) is 0.488. The second kappa shape index (κ2) is 5.72. The van der Waals surface area contributed by atoms with Gasteiger partial charge < -0.3 is 10.4 Å². The minimum Gasteiger partial charge on any atom is -0.478 e. The van der Waals surface area contributed by atoms with Crippen molar-refractivity contribution in [3.05, 3.63) is 17.5 Å². The monoisotopic (exact) mass is 257 g/mol. The highest BCUT2D eigenvalue weighted by atomic mass is 32.2. The van der Waals surface area contributed by atoms with E-state index >= 15 is 0 Å². The lowest BCUT2D eigenvalue weighted by atomic mass is 10.2. The molecule has 0 radical (unpaired) electrons. The maximum absolute atomic E-state index is 11.0. The van der Waals surface area contributed by atoms with Gasteiger partial charge >= 0.3 is 5.97 Å². The Kier molecular flexibility index (Phi) is 4.56. The SMILES string of the molecule is Cc1nc(NC(C)CS(C)=O)ncc1C(=O)O. The van der Waals surface area contributed by atoms with Crippen molar-refractivity contribution >= 4 is 22.7 Å². The van der Waals surface area contributed by atoms with Gasteiger partial charge in [0.2, 0.25) is 5.95 Å². The van der Waals surface area contributed by atoms with E-state index in [1.54, 1.807) is 13.2 Å². The van der Waals surface area contributed by atoms with Gasteiger partial charge in [-0.15, -0.1) is 0 Å². The van der Waals surface area contributed by atoms with E-state index in [2.05, 4.69) is 15.3 Å². The van der Waals surface area contributed by atoms with Crippen molar-refractivity contribution in [2.45, 2.75) is 19.9 Å². The molecule has 1 heterocycles. The van der Waals surface area contributed by atoms with Crippen LogP contribution in [0.25, 0.3) is 0 Å². The number of carboxylic acids is 1. The van der Waals surface area contributed by atoms with Gasteiger partial charge in [-0.2, -0.15) is 0 Å². The molecule has 0 saturated carbocycles. The zero-order chi connectivity index (χ0) is 13.0. The molecule has 0 aliphatic rings. The molecular formula is C10H15N3O3S. The lowest BCUT2D eigenvalue weighted by molar-refractivity contribution is 0.0695. The topological polar surface area (TPSA) is 92.2 Å². The number of carbonyl (C=O) groups is 1. The first kappa shape index (κ1) is 13.6. The number of nitrogens with zero attached hydrogens (tertiary/aromatic N) is 2. The fourth-order valence-electron chi connectivity index (χ4n) is 1.36. The van der Waals surface area contributed by atoms with Gasteiger partial charge in [0.15, 0.2) is 0 Å². The van der Waals surface area contributed by atoms with Crippen LogP contribution in [0.15, 0.2) is 6.20 Å². The Hall–Kier alpha value is -1.50. The summed E-state index contributed by atoms with van der Waals surface area (Å²) < 4.78 is 11.0. The van der Waals surface area contributed by atoms with E-state index in [0.29, 0.717) is 17.4 Å². The zero-order valence-corrected chi connectivity index (χ0v) is 10.7. The number of rotatable bonds is 5. The van der Waals surface area contributed by atoms with Crippen molar-refractivity contribution in [3.8, 4) is 0 Å². The van der Waals surface area contributed by atoms with Gasteiger partial charge in [0.25, 0.3) is 0 Å². The summed E-state index contributed by atoms with van der Waals surface area (Å²) in [7, 11) is -0.899.